The van der Waals surface area contributed by atoms with Gasteiger partial charge in [-0.25, -0.2) is 0 Å². The molecule has 0 bridgehead atoms. The molecule has 0 radical (unpaired) electrons. The number of nitrogens with one attached hydrogen (secondary N) is 1. The number of rotatable bonds is 3. The predicted molar refractivity (Wildman–Crippen MR) is 86.6 cm³/mol. The van der Waals surface area contributed by atoms with Crippen LogP contribution in [0.25, 0.3) is 11.1 Å². The molecule has 1 aliphatic carbocycles. The number of aromatic nitrogens is 2. The molecule has 20 heavy (non-hydrogen) atoms. The zero-order chi connectivity index (χ0) is 14.2. The highest BCUT2D eigenvalue weighted by Gasteiger charge is 2.38. The number of hydrogen-bond acceptors (Lipinski definition) is 2. The third-order valence-electron chi connectivity index (χ3n) is 4.71. The van der Waals surface area contributed by atoms with E-state index in [-0.39, 0.29) is 5.41 Å². The molecule has 0 saturated heterocycles. The summed E-state index contributed by atoms with van der Waals surface area (Å²) < 4.78 is 1.07. The first-order valence-electron chi connectivity index (χ1n) is 7.27. The van der Waals surface area contributed by atoms with Gasteiger partial charge in [-0.1, -0.05) is 53.9 Å². The molecule has 0 atom stereocenters. The highest BCUT2D eigenvalue weighted by molar-refractivity contribution is 9.10. The number of H-pyrrole nitrogens is 1. The third kappa shape index (κ3) is 2.06. The number of nitrogens with two attached hydrogens (primary N) is 1. The molecule has 0 unspecified atom stereocenters. The molecule has 2 aromatic rings. The van der Waals surface area contributed by atoms with Crippen LogP contribution in [0.2, 0.25) is 0 Å². The Bertz CT molecular complexity index is 612. The van der Waals surface area contributed by atoms with E-state index in [9.17, 15) is 0 Å². The van der Waals surface area contributed by atoms with Crippen LogP contribution in [0.1, 0.15) is 44.7 Å². The van der Waals surface area contributed by atoms with Crippen molar-refractivity contribution in [2.45, 2.75) is 44.4 Å². The van der Waals surface area contributed by atoms with Crippen molar-refractivity contribution in [2.75, 3.05) is 5.73 Å². The summed E-state index contributed by atoms with van der Waals surface area (Å²) in [6.07, 6.45) is 6.17. The number of benzene rings is 1. The molecule has 1 aromatic carbocycles. The number of aromatic amines is 1. The minimum Gasteiger partial charge on any atom is -0.382 e. The van der Waals surface area contributed by atoms with E-state index in [2.05, 4.69) is 45.2 Å². The number of nitrogen functional groups attached to an aromatic ring is 1. The quantitative estimate of drug-likeness (QED) is 0.859. The minimum atomic E-state index is 0.217. The van der Waals surface area contributed by atoms with E-state index >= 15 is 0 Å². The average molecular weight is 334 g/mol. The molecule has 0 spiro atoms. The van der Waals surface area contributed by atoms with Gasteiger partial charge in [-0.05, 0) is 25.3 Å². The summed E-state index contributed by atoms with van der Waals surface area (Å²) in [6, 6.07) is 8.23. The molecule has 1 aliphatic rings. The second-order valence-corrected chi connectivity index (χ2v) is 6.53. The summed E-state index contributed by atoms with van der Waals surface area (Å²) in [4.78, 5) is 0. The highest BCUT2D eigenvalue weighted by atomic mass is 79.9. The van der Waals surface area contributed by atoms with Gasteiger partial charge < -0.3 is 5.73 Å². The number of anilines is 1. The molecule has 106 valence electrons. The lowest BCUT2D eigenvalue weighted by Crippen LogP contribution is -2.22. The second-order valence-electron chi connectivity index (χ2n) is 5.68. The molecule has 0 aliphatic heterocycles. The van der Waals surface area contributed by atoms with Gasteiger partial charge in [0.1, 0.15) is 0 Å². The summed E-state index contributed by atoms with van der Waals surface area (Å²) in [5.41, 5.74) is 9.82. The SMILES string of the molecule is CCC1(c2[nH]nc(N)c2-c2ccccc2Br)CCCC1. The van der Waals surface area contributed by atoms with Gasteiger partial charge >= 0.3 is 0 Å². The summed E-state index contributed by atoms with van der Waals surface area (Å²) in [7, 11) is 0. The molecule has 1 aromatic heterocycles. The molecule has 0 amide bonds. The zero-order valence-electron chi connectivity index (χ0n) is 11.7. The van der Waals surface area contributed by atoms with Crippen LogP contribution in [-0.4, -0.2) is 10.2 Å². The Morgan fingerprint density at radius 1 is 1.30 bits per heavy atom. The number of halogens is 1. The van der Waals surface area contributed by atoms with Crippen LogP contribution >= 0.6 is 15.9 Å². The van der Waals surface area contributed by atoms with Gasteiger partial charge in [-0.15, -0.1) is 0 Å². The summed E-state index contributed by atoms with van der Waals surface area (Å²) in [5.74, 6) is 0.603. The third-order valence-corrected chi connectivity index (χ3v) is 5.40. The van der Waals surface area contributed by atoms with Crippen molar-refractivity contribution in [3.63, 3.8) is 0 Å². The first kappa shape index (κ1) is 13.7. The molecule has 3 nitrogen and oxygen atoms in total. The van der Waals surface area contributed by atoms with Crippen molar-refractivity contribution in [3.05, 3.63) is 34.4 Å². The Hall–Kier alpha value is -1.29. The molecule has 1 fully saturated rings. The lowest BCUT2D eigenvalue weighted by molar-refractivity contribution is 0.413. The number of nitrogens with zero attached hydrogens (tertiary/aromatic N) is 1. The van der Waals surface area contributed by atoms with Gasteiger partial charge in [0.15, 0.2) is 5.82 Å². The van der Waals surface area contributed by atoms with Crippen LogP contribution in [0.15, 0.2) is 28.7 Å². The van der Waals surface area contributed by atoms with Gasteiger partial charge in [-0.3, -0.25) is 5.10 Å². The largest absolute Gasteiger partial charge is 0.382 e. The fourth-order valence-electron chi connectivity index (χ4n) is 3.51. The lowest BCUT2D eigenvalue weighted by Gasteiger charge is -2.27. The monoisotopic (exact) mass is 333 g/mol. The molecule has 3 rings (SSSR count). The van der Waals surface area contributed by atoms with Crippen LogP contribution < -0.4 is 5.73 Å². The first-order chi connectivity index (χ1) is 9.68. The van der Waals surface area contributed by atoms with E-state index < -0.39 is 0 Å². The Balaban J connectivity index is 2.18. The fraction of sp³-hybridized carbons (Fsp3) is 0.438. The van der Waals surface area contributed by atoms with Crippen molar-refractivity contribution in [1.29, 1.82) is 0 Å². The maximum Gasteiger partial charge on any atom is 0.153 e. The van der Waals surface area contributed by atoms with Crippen LogP contribution in [0, 0.1) is 0 Å². The van der Waals surface area contributed by atoms with Crippen molar-refractivity contribution in [2.24, 2.45) is 0 Å². The molecule has 1 saturated carbocycles. The van der Waals surface area contributed by atoms with E-state index in [1.54, 1.807) is 0 Å². The van der Waals surface area contributed by atoms with Gasteiger partial charge in [0.05, 0.1) is 5.69 Å². The second kappa shape index (κ2) is 5.24. The van der Waals surface area contributed by atoms with Gasteiger partial charge in [-0.2, -0.15) is 5.10 Å². The highest BCUT2D eigenvalue weighted by Crippen LogP contribution is 2.48. The van der Waals surface area contributed by atoms with E-state index in [1.165, 1.54) is 31.4 Å². The molecular weight excluding hydrogens is 314 g/mol. The fourth-order valence-corrected chi connectivity index (χ4v) is 3.99. The molecule has 3 N–H and O–H groups in total. The van der Waals surface area contributed by atoms with Crippen molar-refractivity contribution < 1.29 is 0 Å². The van der Waals surface area contributed by atoms with Crippen molar-refractivity contribution >= 4 is 21.7 Å². The van der Waals surface area contributed by atoms with Gasteiger partial charge in [0.25, 0.3) is 0 Å². The van der Waals surface area contributed by atoms with Crippen molar-refractivity contribution in [3.8, 4) is 11.1 Å². The smallest absolute Gasteiger partial charge is 0.153 e. The van der Waals surface area contributed by atoms with Gasteiger partial charge in [0.2, 0.25) is 0 Å². The van der Waals surface area contributed by atoms with E-state index in [0.29, 0.717) is 5.82 Å². The first-order valence-corrected chi connectivity index (χ1v) is 8.06. The normalized spacial score (nSPS) is 17.5. The van der Waals surface area contributed by atoms with E-state index in [1.807, 2.05) is 12.1 Å². The van der Waals surface area contributed by atoms with Crippen LogP contribution in [0.5, 0.6) is 0 Å². The van der Waals surface area contributed by atoms with E-state index in [4.69, 9.17) is 5.73 Å². The Labute approximate surface area is 128 Å². The Morgan fingerprint density at radius 2 is 2.00 bits per heavy atom. The lowest BCUT2D eigenvalue weighted by atomic mass is 9.77. The van der Waals surface area contributed by atoms with Crippen LogP contribution in [0.3, 0.4) is 0 Å². The van der Waals surface area contributed by atoms with Crippen LogP contribution in [0.4, 0.5) is 5.82 Å². The molecule has 1 heterocycles. The minimum absolute atomic E-state index is 0.217. The Morgan fingerprint density at radius 3 is 2.65 bits per heavy atom. The molecular formula is C16H20BrN3. The summed E-state index contributed by atoms with van der Waals surface area (Å²) >= 11 is 3.64. The topological polar surface area (TPSA) is 54.7 Å². The maximum absolute atomic E-state index is 6.16. The Kier molecular flexibility index (Phi) is 3.59. The maximum atomic E-state index is 6.16. The van der Waals surface area contributed by atoms with Gasteiger partial charge in [0, 0.05) is 21.0 Å². The van der Waals surface area contributed by atoms with E-state index in [0.717, 1.165) is 22.0 Å². The predicted octanol–water partition coefficient (Wildman–Crippen LogP) is 4.64. The summed E-state index contributed by atoms with van der Waals surface area (Å²) in [6.45, 7) is 2.27. The molecule has 4 heteroatoms. The van der Waals surface area contributed by atoms with Crippen molar-refractivity contribution in [1.82, 2.24) is 10.2 Å². The van der Waals surface area contributed by atoms with Crippen LogP contribution in [-0.2, 0) is 5.41 Å². The average Bonchev–Trinajstić information content (AvgIpc) is 3.07. The standard InChI is InChI=1S/C16H20BrN3/c1-2-16(9-5-6-10-16)14-13(15(18)20-19-14)11-7-3-4-8-12(11)17/h3-4,7-8H,2,5-6,9-10H2,1H3,(H3,18,19,20). The summed E-state index contributed by atoms with van der Waals surface area (Å²) in [5, 5.41) is 7.54. The zero-order valence-corrected chi connectivity index (χ0v) is 13.3. The number of hydrogen-bond donors (Lipinski definition) is 2.